The van der Waals surface area contributed by atoms with Gasteiger partial charge in [-0.3, -0.25) is 4.68 Å². The summed E-state index contributed by atoms with van der Waals surface area (Å²) >= 11 is 6.34. The second-order valence-electron chi connectivity index (χ2n) is 4.91. The highest BCUT2D eigenvalue weighted by atomic mass is 35.5. The molecule has 5 nitrogen and oxygen atoms in total. The summed E-state index contributed by atoms with van der Waals surface area (Å²) in [5.74, 6) is 0. The number of hydrogen-bond donors (Lipinski definition) is 1. The van der Waals surface area contributed by atoms with Crippen LogP contribution >= 0.6 is 11.6 Å². The first-order valence-corrected chi connectivity index (χ1v) is 7.43. The molecule has 0 amide bonds. The number of ether oxygens (including phenoxy) is 2. The van der Waals surface area contributed by atoms with Crippen LogP contribution in [0.15, 0.2) is 6.20 Å². The predicted octanol–water partition coefficient (Wildman–Crippen LogP) is 2.65. The number of nitrogens with one attached hydrogen (secondary N) is 1. The van der Waals surface area contributed by atoms with Gasteiger partial charge < -0.3 is 14.8 Å². The molecule has 0 aliphatic carbocycles. The van der Waals surface area contributed by atoms with Crippen molar-refractivity contribution in [1.82, 2.24) is 15.1 Å². The topological polar surface area (TPSA) is 48.3 Å². The SMILES string of the molecule is CCOC(C)(CC)C(NC)c1c(Cl)cnn1CCOC. The Bertz CT molecular complexity index is 411. The molecule has 1 aromatic rings. The lowest BCUT2D eigenvalue weighted by atomic mass is 9.90. The van der Waals surface area contributed by atoms with E-state index in [-0.39, 0.29) is 11.6 Å². The predicted molar refractivity (Wildman–Crippen MR) is 81.2 cm³/mol. The summed E-state index contributed by atoms with van der Waals surface area (Å²) in [7, 11) is 3.60. The summed E-state index contributed by atoms with van der Waals surface area (Å²) < 4.78 is 13.0. The molecule has 6 heteroatoms. The molecule has 1 rings (SSSR count). The number of halogens is 1. The van der Waals surface area contributed by atoms with E-state index >= 15 is 0 Å². The summed E-state index contributed by atoms with van der Waals surface area (Å²) in [6.07, 6.45) is 2.55. The van der Waals surface area contributed by atoms with Gasteiger partial charge in [-0.15, -0.1) is 0 Å². The van der Waals surface area contributed by atoms with Crippen molar-refractivity contribution in [3.8, 4) is 0 Å². The Hall–Kier alpha value is -0.620. The molecule has 0 fully saturated rings. The minimum absolute atomic E-state index is 0.0284. The maximum Gasteiger partial charge on any atom is 0.0861 e. The second kappa shape index (κ2) is 7.98. The summed E-state index contributed by atoms with van der Waals surface area (Å²) in [5, 5.41) is 8.32. The molecule has 20 heavy (non-hydrogen) atoms. The van der Waals surface area contributed by atoms with Crippen LogP contribution in [0.5, 0.6) is 0 Å². The van der Waals surface area contributed by atoms with E-state index in [1.54, 1.807) is 13.3 Å². The molecule has 0 radical (unpaired) electrons. The molecule has 2 unspecified atom stereocenters. The van der Waals surface area contributed by atoms with Crippen molar-refractivity contribution in [1.29, 1.82) is 0 Å². The van der Waals surface area contributed by atoms with E-state index in [1.807, 2.05) is 18.7 Å². The van der Waals surface area contributed by atoms with Crippen LogP contribution in [0.3, 0.4) is 0 Å². The van der Waals surface area contributed by atoms with Crippen LogP contribution < -0.4 is 5.32 Å². The summed E-state index contributed by atoms with van der Waals surface area (Å²) in [5.41, 5.74) is 0.613. The highest BCUT2D eigenvalue weighted by molar-refractivity contribution is 6.31. The average Bonchev–Trinajstić information content (AvgIpc) is 2.79. The van der Waals surface area contributed by atoms with Gasteiger partial charge in [0.2, 0.25) is 0 Å². The lowest BCUT2D eigenvalue weighted by molar-refractivity contribution is -0.0567. The van der Waals surface area contributed by atoms with E-state index in [1.165, 1.54) is 0 Å². The highest BCUT2D eigenvalue weighted by Crippen LogP contribution is 2.35. The minimum atomic E-state index is -0.335. The lowest BCUT2D eigenvalue weighted by Gasteiger charge is -2.37. The number of hydrogen-bond acceptors (Lipinski definition) is 4. The first kappa shape index (κ1) is 17.4. The van der Waals surface area contributed by atoms with Gasteiger partial charge in [-0.2, -0.15) is 5.10 Å². The zero-order valence-electron chi connectivity index (χ0n) is 13.1. The molecule has 2 atom stereocenters. The molecule has 1 aromatic heterocycles. The van der Waals surface area contributed by atoms with Crippen LogP contribution in [0, 0.1) is 0 Å². The van der Waals surface area contributed by atoms with Crippen molar-refractivity contribution in [2.45, 2.75) is 45.4 Å². The van der Waals surface area contributed by atoms with Gasteiger partial charge in [0, 0.05) is 13.7 Å². The number of methoxy groups -OCH3 is 1. The van der Waals surface area contributed by atoms with Crippen molar-refractivity contribution in [2.24, 2.45) is 0 Å². The fourth-order valence-electron chi connectivity index (χ4n) is 2.47. The van der Waals surface area contributed by atoms with Gasteiger partial charge in [0.25, 0.3) is 0 Å². The third-order valence-corrected chi connectivity index (χ3v) is 3.98. The van der Waals surface area contributed by atoms with Crippen LogP contribution in [0.2, 0.25) is 5.02 Å². The Labute approximate surface area is 126 Å². The van der Waals surface area contributed by atoms with Crippen LogP contribution in [-0.4, -0.2) is 42.8 Å². The van der Waals surface area contributed by atoms with Crippen molar-refractivity contribution in [2.75, 3.05) is 27.4 Å². The van der Waals surface area contributed by atoms with Gasteiger partial charge in [-0.1, -0.05) is 18.5 Å². The Balaban J connectivity index is 3.13. The van der Waals surface area contributed by atoms with Crippen molar-refractivity contribution in [3.05, 3.63) is 16.9 Å². The fourth-order valence-corrected chi connectivity index (χ4v) is 2.72. The van der Waals surface area contributed by atoms with Crippen molar-refractivity contribution < 1.29 is 9.47 Å². The molecule has 0 bridgehead atoms. The summed E-state index contributed by atoms with van der Waals surface area (Å²) in [4.78, 5) is 0. The zero-order chi connectivity index (χ0) is 15.2. The molecular weight excluding hydrogens is 278 g/mol. The van der Waals surface area contributed by atoms with Crippen LogP contribution in [0.25, 0.3) is 0 Å². The van der Waals surface area contributed by atoms with E-state index in [9.17, 15) is 0 Å². The van der Waals surface area contributed by atoms with Gasteiger partial charge in [0.1, 0.15) is 0 Å². The Kier molecular flexibility index (Phi) is 6.95. The Morgan fingerprint density at radius 2 is 2.20 bits per heavy atom. The standard InChI is InChI=1S/C14H26ClN3O2/c1-6-14(3,20-7-2)13(16-4)12-11(15)10-17-18(12)8-9-19-5/h10,13,16H,6-9H2,1-5H3. The molecule has 0 aliphatic heterocycles. The molecule has 116 valence electrons. The first-order valence-electron chi connectivity index (χ1n) is 7.05. The van der Waals surface area contributed by atoms with E-state index in [4.69, 9.17) is 21.1 Å². The van der Waals surface area contributed by atoms with E-state index in [2.05, 4.69) is 24.3 Å². The summed E-state index contributed by atoms with van der Waals surface area (Å²) in [6.45, 7) is 8.14. The number of nitrogens with zero attached hydrogens (tertiary/aromatic N) is 2. The Morgan fingerprint density at radius 1 is 1.50 bits per heavy atom. The smallest absolute Gasteiger partial charge is 0.0861 e. The van der Waals surface area contributed by atoms with Gasteiger partial charge in [0.15, 0.2) is 0 Å². The van der Waals surface area contributed by atoms with E-state index in [0.717, 1.165) is 12.1 Å². The normalized spacial score (nSPS) is 16.1. The molecule has 0 aromatic carbocycles. The van der Waals surface area contributed by atoms with E-state index in [0.29, 0.717) is 24.8 Å². The maximum atomic E-state index is 6.34. The summed E-state index contributed by atoms with van der Waals surface area (Å²) in [6, 6.07) is -0.0284. The van der Waals surface area contributed by atoms with Crippen LogP contribution in [0.4, 0.5) is 0 Å². The van der Waals surface area contributed by atoms with Crippen LogP contribution in [-0.2, 0) is 16.0 Å². The van der Waals surface area contributed by atoms with Crippen LogP contribution in [0.1, 0.15) is 38.9 Å². The van der Waals surface area contributed by atoms with Gasteiger partial charge in [-0.05, 0) is 27.3 Å². The average molecular weight is 304 g/mol. The van der Waals surface area contributed by atoms with Gasteiger partial charge in [-0.25, -0.2) is 0 Å². The quantitative estimate of drug-likeness (QED) is 0.762. The molecule has 0 saturated heterocycles. The minimum Gasteiger partial charge on any atom is -0.383 e. The maximum absolute atomic E-state index is 6.34. The fraction of sp³-hybridized carbons (Fsp3) is 0.786. The molecule has 0 saturated carbocycles. The third kappa shape index (κ3) is 3.73. The molecule has 1 heterocycles. The van der Waals surface area contributed by atoms with Gasteiger partial charge >= 0.3 is 0 Å². The highest BCUT2D eigenvalue weighted by Gasteiger charge is 2.37. The largest absolute Gasteiger partial charge is 0.383 e. The number of likely N-dealkylation sites (N-methyl/N-ethyl adjacent to an activating group) is 1. The molecule has 1 N–H and O–H groups in total. The van der Waals surface area contributed by atoms with Crippen molar-refractivity contribution >= 4 is 11.6 Å². The monoisotopic (exact) mass is 303 g/mol. The first-order chi connectivity index (χ1) is 9.53. The molecule has 0 spiro atoms. The Morgan fingerprint density at radius 3 is 2.70 bits per heavy atom. The number of aromatic nitrogens is 2. The zero-order valence-corrected chi connectivity index (χ0v) is 13.8. The third-order valence-electron chi connectivity index (χ3n) is 3.69. The molecular formula is C14H26ClN3O2. The van der Waals surface area contributed by atoms with E-state index < -0.39 is 0 Å². The number of rotatable bonds is 9. The van der Waals surface area contributed by atoms with Gasteiger partial charge in [0.05, 0.1) is 41.7 Å². The molecule has 0 aliphatic rings. The second-order valence-corrected chi connectivity index (χ2v) is 5.32. The lowest BCUT2D eigenvalue weighted by Crippen LogP contribution is -2.43. The van der Waals surface area contributed by atoms with Crippen molar-refractivity contribution in [3.63, 3.8) is 0 Å².